The summed E-state index contributed by atoms with van der Waals surface area (Å²) in [5, 5.41) is 0.108. The zero-order chi connectivity index (χ0) is 11.2. The van der Waals surface area contributed by atoms with Gasteiger partial charge in [-0.15, -0.1) is 0 Å². The first kappa shape index (κ1) is 10.2. The fourth-order valence-corrected chi connectivity index (χ4v) is 1.78. The number of hydrogen-bond acceptors (Lipinski definition) is 1. The largest absolute Gasteiger partial charge is 0.358 e. The van der Waals surface area contributed by atoms with E-state index in [2.05, 4.69) is 4.98 Å². The maximum atomic E-state index is 13.2. The summed E-state index contributed by atoms with van der Waals surface area (Å²) in [7, 11) is 0. The highest BCUT2D eigenvalue weighted by atomic mass is 35.5. The molecule has 0 bridgehead atoms. The van der Waals surface area contributed by atoms with Crippen LogP contribution in [0.1, 0.15) is 11.3 Å². The highest BCUT2D eigenvalue weighted by Crippen LogP contribution is 2.23. The molecule has 0 radical (unpaired) electrons. The monoisotopic (exact) mass is 225 g/mol. The summed E-state index contributed by atoms with van der Waals surface area (Å²) >= 11 is 5.76. The third kappa shape index (κ3) is 1.43. The molecule has 78 valence electrons. The van der Waals surface area contributed by atoms with E-state index in [-0.39, 0.29) is 15.8 Å². The summed E-state index contributed by atoms with van der Waals surface area (Å²) < 4.78 is 13.2. The molecule has 0 saturated heterocycles. The second-order valence-corrected chi connectivity index (χ2v) is 3.87. The molecule has 15 heavy (non-hydrogen) atoms. The van der Waals surface area contributed by atoms with Gasteiger partial charge in [-0.1, -0.05) is 11.6 Å². The van der Waals surface area contributed by atoms with Crippen LogP contribution in [-0.4, -0.2) is 4.98 Å². The number of benzene rings is 1. The Morgan fingerprint density at radius 3 is 2.67 bits per heavy atom. The van der Waals surface area contributed by atoms with E-state index in [1.54, 1.807) is 13.8 Å². The van der Waals surface area contributed by atoms with Crippen LogP contribution in [0.4, 0.5) is 4.39 Å². The highest BCUT2D eigenvalue weighted by molar-refractivity contribution is 6.35. The van der Waals surface area contributed by atoms with Crippen LogP contribution in [0.25, 0.3) is 10.9 Å². The van der Waals surface area contributed by atoms with E-state index in [4.69, 9.17) is 11.6 Å². The number of fused-ring (bicyclic) bond motifs is 1. The number of H-pyrrole nitrogens is 1. The van der Waals surface area contributed by atoms with Gasteiger partial charge in [0.15, 0.2) is 5.43 Å². The molecule has 0 fully saturated rings. The molecule has 4 heteroatoms. The lowest BCUT2D eigenvalue weighted by Crippen LogP contribution is -2.10. The minimum Gasteiger partial charge on any atom is -0.358 e. The van der Waals surface area contributed by atoms with Gasteiger partial charge in [0.1, 0.15) is 5.82 Å². The average Bonchev–Trinajstić information content (AvgIpc) is 2.20. The molecular weight excluding hydrogens is 217 g/mol. The van der Waals surface area contributed by atoms with Crippen LogP contribution in [0.3, 0.4) is 0 Å². The number of pyridine rings is 1. The third-order valence-electron chi connectivity index (χ3n) is 2.55. The van der Waals surface area contributed by atoms with Crippen molar-refractivity contribution in [3.63, 3.8) is 0 Å². The standard InChI is InChI=1S/C11H9ClFNO/c1-5-6(2)14-8-4-3-7(13)10(12)9(8)11(5)15/h3-4H,1-2H3,(H,14,15). The van der Waals surface area contributed by atoms with Gasteiger partial charge in [0.05, 0.1) is 15.9 Å². The Bertz CT molecular complexity index is 604. The number of aryl methyl sites for hydroxylation is 1. The average molecular weight is 226 g/mol. The smallest absolute Gasteiger partial charge is 0.194 e. The van der Waals surface area contributed by atoms with Gasteiger partial charge in [-0.25, -0.2) is 4.39 Å². The Hall–Kier alpha value is -1.35. The maximum Gasteiger partial charge on any atom is 0.194 e. The van der Waals surface area contributed by atoms with Gasteiger partial charge in [-0.3, -0.25) is 4.79 Å². The number of nitrogens with one attached hydrogen (secondary N) is 1. The summed E-state index contributed by atoms with van der Waals surface area (Å²) in [6.07, 6.45) is 0. The molecule has 0 aliphatic rings. The van der Waals surface area contributed by atoms with Crippen molar-refractivity contribution in [3.05, 3.63) is 44.5 Å². The summed E-state index contributed by atoms with van der Waals surface area (Å²) in [5.74, 6) is -0.571. The van der Waals surface area contributed by atoms with E-state index in [1.807, 2.05) is 0 Å². The van der Waals surface area contributed by atoms with Gasteiger partial charge < -0.3 is 4.98 Å². The van der Waals surface area contributed by atoms with Gasteiger partial charge >= 0.3 is 0 Å². The van der Waals surface area contributed by atoms with Crippen LogP contribution in [0.15, 0.2) is 16.9 Å². The molecule has 2 rings (SSSR count). The second kappa shape index (κ2) is 3.35. The Kier molecular flexibility index (Phi) is 2.27. The highest BCUT2D eigenvalue weighted by Gasteiger charge is 2.11. The van der Waals surface area contributed by atoms with Crippen LogP contribution in [0.5, 0.6) is 0 Å². The lowest BCUT2D eigenvalue weighted by atomic mass is 10.1. The molecule has 0 atom stereocenters. The number of aromatic nitrogens is 1. The summed E-state index contributed by atoms with van der Waals surface area (Å²) in [4.78, 5) is 14.9. The molecule has 1 aromatic carbocycles. The second-order valence-electron chi connectivity index (χ2n) is 3.49. The van der Waals surface area contributed by atoms with Gasteiger partial charge in [0, 0.05) is 11.3 Å². The number of rotatable bonds is 0. The Balaban J connectivity index is 3.08. The van der Waals surface area contributed by atoms with E-state index in [0.717, 1.165) is 5.69 Å². The van der Waals surface area contributed by atoms with Crippen LogP contribution in [0, 0.1) is 19.7 Å². The molecule has 1 N–H and O–H groups in total. The molecule has 0 unspecified atom stereocenters. The molecule has 2 aromatic rings. The summed E-state index contributed by atoms with van der Waals surface area (Å²) in [6.45, 7) is 3.49. The molecule has 0 aliphatic carbocycles. The van der Waals surface area contributed by atoms with Gasteiger partial charge in [-0.05, 0) is 26.0 Å². The Labute approximate surface area is 90.7 Å². The van der Waals surface area contributed by atoms with Gasteiger partial charge in [0.25, 0.3) is 0 Å². The first-order valence-corrected chi connectivity index (χ1v) is 4.87. The molecule has 0 aliphatic heterocycles. The Morgan fingerprint density at radius 1 is 1.33 bits per heavy atom. The first-order valence-electron chi connectivity index (χ1n) is 4.49. The molecule has 0 saturated carbocycles. The quantitative estimate of drug-likeness (QED) is 0.735. The molecule has 2 nitrogen and oxygen atoms in total. The van der Waals surface area contributed by atoms with E-state index in [0.29, 0.717) is 11.1 Å². The number of hydrogen-bond donors (Lipinski definition) is 1. The molecule has 0 amide bonds. The summed E-state index contributed by atoms with van der Waals surface area (Å²) in [5.41, 5.74) is 1.69. The van der Waals surface area contributed by atoms with Crippen molar-refractivity contribution in [2.75, 3.05) is 0 Å². The van der Waals surface area contributed by atoms with Gasteiger partial charge in [-0.2, -0.15) is 0 Å². The summed E-state index contributed by atoms with van der Waals surface area (Å²) in [6, 6.07) is 2.76. The zero-order valence-corrected chi connectivity index (χ0v) is 9.07. The van der Waals surface area contributed by atoms with Gasteiger partial charge in [0.2, 0.25) is 0 Å². The Morgan fingerprint density at radius 2 is 2.00 bits per heavy atom. The van der Waals surface area contributed by atoms with E-state index in [1.165, 1.54) is 12.1 Å². The zero-order valence-electron chi connectivity index (χ0n) is 8.32. The fourth-order valence-electron chi connectivity index (χ4n) is 1.53. The van der Waals surface area contributed by atoms with E-state index < -0.39 is 5.82 Å². The lowest BCUT2D eigenvalue weighted by Gasteiger charge is -2.05. The molecule has 0 spiro atoms. The third-order valence-corrected chi connectivity index (χ3v) is 2.92. The van der Waals surface area contributed by atoms with Crippen molar-refractivity contribution < 1.29 is 4.39 Å². The van der Waals surface area contributed by atoms with Crippen LogP contribution < -0.4 is 5.43 Å². The van der Waals surface area contributed by atoms with Crippen molar-refractivity contribution in [2.45, 2.75) is 13.8 Å². The van der Waals surface area contributed by atoms with Crippen molar-refractivity contribution >= 4 is 22.5 Å². The number of halogens is 2. The van der Waals surface area contributed by atoms with Crippen molar-refractivity contribution in [3.8, 4) is 0 Å². The number of aromatic amines is 1. The normalized spacial score (nSPS) is 10.9. The van der Waals surface area contributed by atoms with Crippen molar-refractivity contribution in [1.29, 1.82) is 0 Å². The molecule has 1 aromatic heterocycles. The van der Waals surface area contributed by atoms with E-state index in [9.17, 15) is 9.18 Å². The van der Waals surface area contributed by atoms with Crippen LogP contribution in [-0.2, 0) is 0 Å². The first-order chi connectivity index (χ1) is 7.02. The maximum absolute atomic E-state index is 13.2. The molecule has 1 heterocycles. The topological polar surface area (TPSA) is 32.9 Å². The minimum atomic E-state index is -0.571. The predicted molar refractivity (Wildman–Crippen MR) is 59.0 cm³/mol. The minimum absolute atomic E-state index is 0.114. The lowest BCUT2D eigenvalue weighted by molar-refractivity contribution is 0.630. The van der Waals surface area contributed by atoms with Crippen LogP contribution in [0.2, 0.25) is 5.02 Å². The van der Waals surface area contributed by atoms with Crippen LogP contribution >= 0.6 is 11.6 Å². The van der Waals surface area contributed by atoms with E-state index >= 15 is 0 Å². The fraction of sp³-hybridized carbons (Fsp3) is 0.182. The molecular formula is C11H9ClFNO. The SMILES string of the molecule is Cc1[nH]c2ccc(F)c(Cl)c2c(=O)c1C. The van der Waals surface area contributed by atoms with Crippen molar-refractivity contribution in [2.24, 2.45) is 0 Å². The van der Waals surface area contributed by atoms with Crippen molar-refractivity contribution in [1.82, 2.24) is 4.98 Å². The predicted octanol–water partition coefficient (Wildman–Crippen LogP) is 2.94.